The number of anilines is 1. The van der Waals surface area contributed by atoms with E-state index in [-0.39, 0.29) is 6.61 Å². The van der Waals surface area contributed by atoms with Gasteiger partial charge in [0, 0.05) is 17.0 Å². The summed E-state index contributed by atoms with van der Waals surface area (Å²) >= 11 is 1.60. The summed E-state index contributed by atoms with van der Waals surface area (Å²) in [5.74, 6) is 1.55. The molecule has 0 aliphatic heterocycles. The van der Waals surface area contributed by atoms with Gasteiger partial charge in [0.2, 0.25) is 0 Å². The molecule has 136 valence electrons. The first-order valence-electron chi connectivity index (χ1n) is 8.59. The minimum absolute atomic E-state index is 0.0118. The summed E-state index contributed by atoms with van der Waals surface area (Å²) in [5, 5.41) is 13.7. The molecule has 0 aliphatic rings. The molecule has 5 nitrogen and oxygen atoms in total. The predicted molar refractivity (Wildman–Crippen MR) is 109 cm³/mol. The number of hydrogen-bond donors (Lipinski definition) is 2. The fraction of sp³-hybridized carbons (Fsp3) is 0.143. The highest BCUT2D eigenvalue weighted by Crippen LogP contribution is 2.39. The number of nitrogens with one attached hydrogen (secondary N) is 1. The fourth-order valence-corrected chi connectivity index (χ4v) is 3.98. The SMILES string of the molecule is COc1cc(CO)ccc1-c1cc2c(NCc3ccccc3)ncnc2s1. The zero-order valence-electron chi connectivity index (χ0n) is 14.8. The highest BCUT2D eigenvalue weighted by Gasteiger charge is 2.14. The van der Waals surface area contributed by atoms with Crippen molar-refractivity contribution in [1.29, 1.82) is 0 Å². The maximum absolute atomic E-state index is 9.34. The number of thiophene rings is 1. The van der Waals surface area contributed by atoms with E-state index in [1.54, 1.807) is 24.8 Å². The third-order valence-corrected chi connectivity index (χ3v) is 5.42. The highest BCUT2D eigenvalue weighted by atomic mass is 32.1. The molecule has 0 bridgehead atoms. The molecule has 0 saturated heterocycles. The van der Waals surface area contributed by atoms with E-state index in [0.29, 0.717) is 6.54 Å². The normalized spacial score (nSPS) is 10.9. The number of nitrogens with zero attached hydrogens (tertiary/aromatic N) is 2. The Morgan fingerprint density at radius 1 is 1.04 bits per heavy atom. The molecular weight excluding hydrogens is 358 g/mol. The van der Waals surface area contributed by atoms with Gasteiger partial charge in [-0.3, -0.25) is 0 Å². The molecule has 2 aromatic carbocycles. The number of methoxy groups -OCH3 is 1. The molecule has 6 heteroatoms. The molecule has 0 saturated carbocycles. The molecule has 2 aromatic heterocycles. The van der Waals surface area contributed by atoms with Gasteiger partial charge in [-0.1, -0.05) is 36.4 Å². The number of ether oxygens (including phenoxy) is 1. The first-order chi connectivity index (χ1) is 13.3. The summed E-state index contributed by atoms with van der Waals surface area (Å²) in [7, 11) is 1.64. The van der Waals surface area contributed by atoms with Crippen LogP contribution < -0.4 is 10.1 Å². The van der Waals surface area contributed by atoms with Crippen LogP contribution in [0.4, 0.5) is 5.82 Å². The topological polar surface area (TPSA) is 67.3 Å². The lowest BCUT2D eigenvalue weighted by atomic mass is 10.1. The van der Waals surface area contributed by atoms with E-state index >= 15 is 0 Å². The van der Waals surface area contributed by atoms with Crippen molar-refractivity contribution in [2.45, 2.75) is 13.2 Å². The van der Waals surface area contributed by atoms with Crippen LogP contribution in [-0.4, -0.2) is 22.2 Å². The van der Waals surface area contributed by atoms with Crippen molar-refractivity contribution >= 4 is 27.4 Å². The predicted octanol–water partition coefficient (Wildman–Crippen LogP) is 4.47. The van der Waals surface area contributed by atoms with E-state index in [0.717, 1.165) is 37.8 Å². The van der Waals surface area contributed by atoms with Gasteiger partial charge in [-0.25, -0.2) is 9.97 Å². The van der Waals surface area contributed by atoms with Crippen LogP contribution in [0.25, 0.3) is 20.7 Å². The van der Waals surface area contributed by atoms with Crippen LogP contribution in [0.3, 0.4) is 0 Å². The molecular formula is C21H19N3O2S. The molecule has 4 aromatic rings. The summed E-state index contributed by atoms with van der Waals surface area (Å²) in [6, 6.07) is 18.0. The summed E-state index contributed by atoms with van der Waals surface area (Å²) in [5.41, 5.74) is 2.99. The highest BCUT2D eigenvalue weighted by molar-refractivity contribution is 7.22. The van der Waals surface area contributed by atoms with Crippen molar-refractivity contribution in [3.8, 4) is 16.2 Å². The van der Waals surface area contributed by atoms with Gasteiger partial charge in [-0.15, -0.1) is 11.3 Å². The number of aliphatic hydroxyl groups is 1. The Bertz CT molecular complexity index is 1060. The minimum atomic E-state index is -0.0118. The molecule has 0 spiro atoms. The second-order valence-corrected chi connectivity index (χ2v) is 7.11. The van der Waals surface area contributed by atoms with Crippen LogP contribution >= 0.6 is 11.3 Å². The van der Waals surface area contributed by atoms with Gasteiger partial charge in [-0.05, 0) is 29.3 Å². The summed E-state index contributed by atoms with van der Waals surface area (Å²) in [6.07, 6.45) is 1.59. The number of fused-ring (bicyclic) bond motifs is 1. The number of rotatable bonds is 6. The molecule has 2 N–H and O–H groups in total. The summed E-state index contributed by atoms with van der Waals surface area (Å²) in [4.78, 5) is 10.8. The smallest absolute Gasteiger partial charge is 0.138 e. The number of benzene rings is 2. The molecule has 0 atom stereocenters. The first kappa shape index (κ1) is 17.5. The van der Waals surface area contributed by atoms with Crippen LogP contribution in [-0.2, 0) is 13.2 Å². The summed E-state index contributed by atoms with van der Waals surface area (Å²) < 4.78 is 5.52. The van der Waals surface area contributed by atoms with E-state index in [1.165, 1.54) is 5.56 Å². The molecule has 0 amide bonds. The van der Waals surface area contributed by atoms with Crippen molar-refractivity contribution in [2.75, 3.05) is 12.4 Å². The lowest BCUT2D eigenvalue weighted by Crippen LogP contribution is -2.01. The second-order valence-electron chi connectivity index (χ2n) is 6.08. The van der Waals surface area contributed by atoms with E-state index < -0.39 is 0 Å². The Labute approximate surface area is 161 Å². The average Bonchev–Trinajstić information content (AvgIpc) is 3.17. The Kier molecular flexibility index (Phi) is 5.00. The van der Waals surface area contributed by atoms with Gasteiger partial charge >= 0.3 is 0 Å². The zero-order valence-corrected chi connectivity index (χ0v) is 15.7. The molecule has 2 heterocycles. The largest absolute Gasteiger partial charge is 0.496 e. The van der Waals surface area contributed by atoms with Gasteiger partial charge in [0.15, 0.2) is 0 Å². The monoisotopic (exact) mass is 377 g/mol. The van der Waals surface area contributed by atoms with Crippen LogP contribution in [0, 0.1) is 0 Å². The summed E-state index contributed by atoms with van der Waals surface area (Å²) in [6.45, 7) is 0.689. The quantitative estimate of drug-likeness (QED) is 0.519. The Morgan fingerprint density at radius 2 is 1.89 bits per heavy atom. The third-order valence-electron chi connectivity index (χ3n) is 4.35. The average molecular weight is 377 g/mol. The molecule has 0 unspecified atom stereocenters. The molecule has 0 fully saturated rings. The first-order valence-corrected chi connectivity index (χ1v) is 9.40. The lowest BCUT2D eigenvalue weighted by molar-refractivity contribution is 0.281. The van der Waals surface area contributed by atoms with Crippen molar-refractivity contribution in [3.05, 3.63) is 72.1 Å². The Morgan fingerprint density at radius 3 is 2.67 bits per heavy atom. The Hall–Kier alpha value is -2.96. The molecule has 0 radical (unpaired) electrons. The van der Waals surface area contributed by atoms with E-state index in [1.807, 2.05) is 36.4 Å². The van der Waals surface area contributed by atoms with Crippen LogP contribution in [0.2, 0.25) is 0 Å². The van der Waals surface area contributed by atoms with Gasteiger partial charge < -0.3 is 15.2 Å². The Balaban J connectivity index is 1.69. The molecule has 0 aliphatic carbocycles. The van der Waals surface area contributed by atoms with Crippen LogP contribution in [0.1, 0.15) is 11.1 Å². The van der Waals surface area contributed by atoms with E-state index in [4.69, 9.17) is 4.74 Å². The zero-order chi connectivity index (χ0) is 18.6. The maximum Gasteiger partial charge on any atom is 0.138 e. The minimum Gasteiger partial charge on any atom is -0.496 e. The van der Waals surface area contributed by atoms with Crippen LogP contribution in [0.15, 0.2) is 60.9 Å². The third kappa shape index (κ3) is 3.63. The molecule has 4 rings (SSSR count). The number of hydrogen-bond acceptors (Lipinski definition) is 6. The van der Waals surface area contributed by atoms with Crippen molar-refractivity contribution in [1.82, 2.24) is 9.97 Å². The van der Waals surface area contributed by atoms with Gasteiger partial charge in [-0.2, -0.15) is 0 Å². The molecule has 27 heavy (non-hydrogen) atoms. The second kappa shape index (κ2) is 7.73. The fourth-order valence-electron chi connectivity index (χ4n) is 2.95. The van der Waals surface area contributed by atoms with Gasteiger partial charge in [0.05, 0.1) is 19.1 Å². The van der Waals surface area contributed by atoms with E-state index in [9.17, 15) is 5.11 Å². The van der Waals surface area contributed by atoms with E-state index in [2.05, 4.69) is 33.5 Å². The van der Waals surface area contributed by atoms with Crippen LogP contribution in [0.5, 0.6) is 5.75 Å². The standard InChI is InChI=1S/C21H19N3O2S/c1-26-18-9-15(12-25)7-8-16(18)19-10-17-20(23-13-24-21(17)27-19)22-11-14-5-3-2-4-6-14/h2-10,13,25H,11-12H2,1H3,(H,22,23,24). The van der Waals surface area contributed by atoms with Crippen molar-refractivity contribution < 1.29 is 9.84 Å². The van der Waals surface area contributed by atoms with Gasteiger partial charge in [0.1, 0.15) is 22.7 Å². The number of aliphatic hydroxyl groups excluding tert-OH is 1. The lowest BCUT2D eigenvalue weighted by Gasteiger charge is -2.08. The number of aromatic nitrogens is 2. The van der Waals surface area contributed by atoms with Gasteiger partial charge in [0.25, 0.3) is 0 Å². The van der Waals surface area contributed by atoms with Crippen molar-refractivity contribution in [3.63, 3.8) is 0 Å². The van der Waals surface area contributed by atoms with Crippen molar-refractivity contribution in [2.24, 2.45) is 0 Å². The maximum atomic E-state index is 9.34.